The number of carbonyl (C=O) groups excluding carboxylic acids is 1. The van der Waals surface area contributed by atoms with E-state index in [0.29, 0.717) is 5.69 Å². The topological polar surface area (TPSA) is 102 Å². The minimum atomic E-state index is -1.55. The highest BCUT2D eigenvalue weighted by molar-refractivity contribution is 6.48. The van der Waals surface area contributed by atoms with E-state index in [1.54, 1.807) is 12.3 Å². The van der Waals surface area contributed by atoms with Gasteiger partial charge in [-0.05, 0) is 37.3 Å². The summed E-state index contributed by atoms with van der Waals surface area (Å²) in [6.45, 7) is 1.41. The Kier molecular flexibility index (Phi) is 7.40. The molecule has 146 valence electrons. The van der Waals surface area contributed by atoms with Crippen LogP contribution in [0.25, 0.3) is 0 Å². The molecule has 0 bridgehead atoms. The summed E-state index contributed by atoms with van der Waals surface area (Å²) in [6, 6.07) is 8.21. The number of rotatable bonds is 5. The minimum absolute atomic E-state index is 0.0521. The predicted molar refractivity (Wildman–Crippen MR) is 107 cm³/mol. The molecule has 0 aliphatic carbocycles. The highest BCUT2D eigenvalue weighted by Crippen LogP contribution is 2.26. The highest BCUT2D eigenvalue weighted by atomic mass is 35.5. The summed E-state index contributed by atoms with van der Waals surface area (Å²) in [6.07, 6.45) is 1.94. The molecular formula is C17H14Cl3FN6O. The zero-order chi connectivity index (χ0) is 20.7. The molecule has 1 aromatic carbocycles. The second-order valence-electron chi connectivity index (χ2n) is 5.55. The van der Waals surface area contributed by atoms with Crippen LogP contribution in [0.15, 0.2) is 47.6 Å². The van der Waals surface area contributed by atoms with Gasteiger partial charge in [-0.2, -0.15) is 5.26 Å². The Balaban J connectivity index is 2.27. The van der Waals surface area contributed by atoms with Gasteiger partial charge >= 0.3 is 0 Å². The number of hydrogen-bond donors (Lipinski definition) is 3. The fourth-order valence-corrected chi connectivity index (χ4v) is 2.29. The zero-order valence-electron chi connectivity index (χ0n) is 14.4. The largest absolute Gasteiger partial charge is 0.328 e. The number of nitrogens with one attached hydrogen (secondary N) is 3. The van der Waals surface area contributed by atoms with Crippen molar-refractivity contribution in [3.05, 3.63) is 59.1 Å². The van der Waals surface area contributed by atoms with Gasteiger partial charge in [0.1, 0.15) is 11.0 Å². The molecule has 1 unspecified atom stereocenters. The SMILES string of the molecule is CC(Cl)(Cl)C(/N=C(\NC#N)Nc1ccc(Cl)nc1)NC(=O)c1cccc(F)c1. The van der Waals surface area contributed by atoms with Crippen molar-refractivity contribution in [3.63, 3.8) is 0 Å². The summed E-state index contributed by atoms with van der Waals surface area (Å²) in [5, 5.41) is 16.9. The standard InChI is InChI=1S/C17H14Cl3FN6O/c1-17(19,20)15(26-14(28)10-3-2-4-11(21)7-10)27-16(24-9-22)25-12-5-6-13(18)23-8-12/h2-8,15H,1H3,(H,26,28)(H2,24,25,27). The van der Waals surface area contributed by atoms with Crippen molar-refractivity contribution in [1.82, 2.24) is 15.6 Å². The van der Waals surface area contributed by atoms with E-state index >= 15 is 0 Å². The first kappa shape index (κ1) is 21.7. The monoisotopic (exact) mass is 442 g/mol. The smallest absolute Gasteiger partial charge is 0.253 e. The summed E-state index contributed by atoms with van der Waals surface area (Å²) in [7, 11) is 0. The number of aliphatic imine (C=N–C) groups is 1. The lowest BCUT2D eigenvalue weighted by molar-refractivity contribution is 0.0935. The summed E-state index contributed by atoms with van der Waals surface area (Å²) < 4.78 is 11.8. The number of guanidine groups is 1. The molecule has 2 rings (SSSR count). The second-order valence-corrected chi connectivity index (χ2v) is 7.70. The Bertz CT molecular complexity index is 908. The number of carbonyl (C=O) groups is 1. The molecule has 1 atom stereocenters. The van der Waals surface area contributed by atoms with Gasteiger partial charge in [-0.3, -0.25) is 10.1 Å². The number of anilines is 1. The normalized spacial score (nSPS) is 12.6. The third kappa shape index (κ3) is 6.53. The first-order valence-corrected chi connectivity index (χ1v) is 8.88. The molecule has 11 heteroatoms. The first-order valence-electron chi connectivity index (χ1n) is 7.75. The van der Waals surface area contributed by atoms with Crippen molar-refractivity contribution in [2.45, 2.75) is 17.4 Å². The number of pyridine rings is 1. The van der Waals surface area contributed by atoms with Crippen molar-refractivity contribution in [3.8, 4) is 6.19 Å². The molecule has 2 aromatic rings. The van der Waals surface area contributed by atoms with Crippen molar-refractivity contribution in [1.29, 1.82) is 5.26 Å². The van der Waals surface area contributed by atoms with Gasteiger partial charge in [0.05, 0.1) is 11.9 Å². The van der Waals surface area contributed by atoms with E-state index in [1.807, 2.05) is 0 Å². The molecule has 1 amide bonds. The number of nitrogens with zero attached hydrogens (tertiary/aromatic N) is 3. The molecule has 28 heavy (non-hydrogen) atoms. The van der Waals surface area contributed by atoms with E-state index in [-0.39, 0.29) is 16.7 Å². The molecule has 7 nitrogen and oxygen atoms in total. The molecule has 0 saturated heterocycles. The van der Waals surface area contributed by atoms with E-state index in [1.165, 1.54) is 37.4 Å². The van der Waals surface area contributed by atoms with Crippen LogP contribution in [-0.2, 0) is 0 Å². The Labute approximate surface area is 175 Å². The van der Waals surface area contributed by atoms with Crippen LogP contribution in [0.1, 0.15) is 17.3 Å². The summed E-state index contributed by atoms with van der Waals surface area (Å²) in [5.74, 6) is -1.27. The van der Waals surface area contributed by atoms with E-state index < -0.39 is 22.2 Å². The van der Waals surface area contributed by atoms with Gasteiger partial charge in [0.15, 0.2) is 16.7 Å². The number of aromatic nitrogens is 1. The number of hydrogen-bond acceptors (Lipinski definition) is 4. The molecule has 0 aliphatic heterocycles. The third-order valence-corrected chi connectivity index (χ3v) is 3.89. The lowest BCUT2D eigenvalue weighted by Gasteiger charge is -2.25. The molecular weight excluding hydrogens is 430 g/mol. The van der Waals surface area contributed by atoms with Gasteiger partial charge in [-0.1, -0.05) is 40.9 Å². The van der Waals surface area contributed by atoms with Gasteiger partial charge in [0.2, 0.25) is 5.96 Å². The average molecular weight is 444 g/mol. The fourth-order valence-electron chi connectivity index (χ4n) is 1.97. The number of amides is 1. The zero-order valence-corrected chi connectivity index (χ0v) is 16.6. The fraction of sp³-hybridized carbons (Fsp3) is 0.176. The van der Waals surface area contributed by atoms with Gasteiger partial charge in [0.25, 0.3) is 5.91 Å². The summed E-state index contributed by atoms with van der Waals surface area (Å²) >= 11 is 18.0. The molecule has 0 fully saturated rings. The number of halogens is 4. The van der Waals surface area contributed by atoms with Crippen LogP contribution in [0.3, 0.4) is 0 Å². The third-order valence-electron chi connectivity index (χ3n) is 3.26. The van der Waals surface area contributed by atoms with Crippen LogP contribution >= 0.6 is 34.8 Å². The molecule has 0 spiro atoms. The van der Waals surface area contributed by atoms with Crippen molar-refractivity contribution in [2.24, 2.45) is 4.99 Å². The molecule has 0 aliphatic rings. The van der Waals surface area contributed by atoms with E-state index in [9.17, 15) is 9.18 Å². The lowest BCUT2D eigenvalue weighted by atomic mass is 10.2. The predicted octanol–water partition coefficient (Wildman–Crippen LogP) is 3.66. The molecule has 0 saturated carbocycles. The maximum atomic E-state index is 13.3. The van der Waals surface area contributed by atoms with E-state index in [4.69, 9.17) is 40.1 Å². The van der Waals surface area contributed by atoms with Crippen LogP contribution in [0.5, 0.6) is 0 Å². The summed E-state index contributed by atoms with van der Waals surface area (Å²) in [5.41, 5.74) is 0.523. The maximum absolute atomic E-state index is 13.3. The van der Waals surface area contributed by atoms with Crippen LogP contribution < -0.4 is 16.0 Å². The number of alkyl halides is 2. The highest BCUT2D eigenvalue weighted by Gasteiger charge is 2.32. The Hall–Kier alpha value is -2.60. The van der Waals surface area contributed by atoms with Crippen LogP contribution in [0.2, 0.25) is 5.15 Å². The van der Waals surface area contributed by atoms with Crippen LogP contribution in [0, 0.1) is 17.3 Å². The van der Waals surface area contributed by atoms with Crippen LogP contribution in [0.4, 0.5) is 10.1 Å². The van der Waals surface area contributed by atoms with E-state index in [2.05, 4.69) is 25.9 Å². The van der Waals surface area contributed by atoms with Gasteiger partial charge < -0.3 is 10.6 Å². The quantitative estimate of drug-likeness (QED) is 0.163. The maximum Gasteiger partial charge on any atom is 0.253 e. The van der Waals surface area contributed by atoms with Crippen molar-refractivity contribution >= 4 is 52.4 Å². The summed E-state index contributed by atoms with van der Waals surface area (Å²) in [4.78, 5) is 20.5. The molecule has 3 N–H and O–H groups in total. The average Bonchev–Trinajstić information content (AvgIpc) is 2.62. The van der Waals surface area contributed by atoms with Gasteiger partial charge in [-0.15, -0.1) is 0 Å². The van der Waals surface area contributed by atoms with Crippen molar-refractivity contribution in [2.75, 3.05) is 5.32 Å². The van der Waals surface area contributed by atoms with Gasteiger partial charge in [-0.25, -0.2) is 14.4 Å². The Morgan fingerprint density at radius 2 is 2.11 bits per heavy atom. The lowest BCUT2D eigenvalue weighted by Crippen LogP contribution is -2.45. The molecule has 1 heterocycles. The van der Waals surface area contributed by atoms with E-state index in [0.717, 1.165) is 6.07 Å². The number of nitriles is 1. The van der Waals surface area contributed by atoms with Crippen LogP contribution in [-0.4, -0.2) is 27.3 Å². The molecule has 1 aromatic heterocycles. The Morgan fingerprint density at radius 3 is 2.68 bits per heavy atom. The minimum Gasteiger partial charge on any atom is -0.328 e. The Morgan fingerprint density at radius 1 is 1.36 bits per heavy atom. The van der Waals surface area contributed by atoms with Crippen molar-refractivity contribution < 1.29 is 9.18 Å². The second kappa shape index (κ2) is 9.55. The van der Waals surface area contributed by atoms with Gasteiger partial charge in [0, 0.05) is 5.56 Å². The molecule has 0 radical (unpaired) electrons. The first-order chi connectivity index (χ1) is 13.2. The number of benzene rings is 1.